The highest BCUT2D eigenvalue weighted by molar-refractivity contribution is 5.76. The van der Waals surface area contributed by atoms with Gasteiger partial charge in [0.2, 0.25) is 6.29 Å². The van der Waals surface area contributed by atoms with Gasteiger partial charge < -0.3 is 9.47 Å². The molecule has 0 saturated carbocycles. The normalized spacial score (nSPS) is 25.8. The van der Waals surface area contributed by atoms with Gasteiger partial charge in [-0.05, 0) is 18.6 Å². The molecule has 1 aliphatic rings. The molecule has 0 N–H and O–H groups in total. The van der Waals surface area contributed by atoms with Crippen molar-refractivity contribution in [2.24, 2.45) is 0 Å². The van der Waals surface area contributed by atoms with Crippen LogP contribution in [-0.2, 0) is 14.3 Å². The van der Waals surface area contributed by atoms with Crippen LogP contribution in [0.4, 0.5) is 0 Å². The van der Waals surface area contributed by atoms with Gasteiger partial charge in [0.05, 0.1) is 0 Å². The number of ether oxygens (including phenoxy) is 2. The lowest BCUT2D eigenvalue weighted by Crippen LogP contribution is -2.09. The topological polar surface area (TPSA) is 35.5 Å². The van der Waals surface area contributed by atoms with E-state index in [4.69, 9.17) is 9.47 Å². The van der Waals surface area contributed by atoms with Crippen LogP contribution in [-0.4, -0.2) is 18.4 Å². The molecule has 0 spiro atoms. The monoisotopic (exact) mass is 204 g/mol. The lowest BCUT2D eigenvalue weighted by Gasteiger charge is -2.01. The lowest BCUT2D eigenvalue weighted by atomic mass is 10.2. The average Bonchev–Trinajstić information content (AvgIpc) is 2.57. The first-order chi connectivity index (χ1) is 7.25. The van der Waals surface area contributed by atoms with Gasteiger partial charge >= 0.3 is 5.97 Å². The Labute approximate surface area is 88.3 Å². The first kappa shape index (κ1) is 9.93. The first-order valence-corrected chi connectivity index (χ1v) is 4.85. The van der Waals surface area contributed by atoms with Crippen molar-refractivity contribution >= 4 is 12.0 Å². The maximum absolute atomic E-state index is 11.0. The summed E-state index contributed by atoms with van der Waals surface area (Å²) in [5.41, 5.74) is 1.05. The van der Waals surface area contributed by atoms with E-state index in [1.165, 1.54) is 0 Å². The molecule has 1 aromatic carbocycles. The summed E-state index contributed by atoms with van der Waals surface area (Å²) in [5, 5.41) is 0. The average molecular weight is 204 g/mol. The van der Waals surface area contributed by atoms with E-state index in [0.29, 0.717) is 0 Å². The number of carbonyl (C=O) groups excluding carboxylic acids is 1. The number of esters is 1. The Bertz CT molecular complexity index is 370. The van der Waals surface area contributed by atoms with Crippen molar-refractivity contribution in [1.82, 2.24) is 0 Å². The molecular weight excluding hydrogens is 192 g/mol. The molecule has 78 valence electrons. The van der Waals surface area contributed by atoms with E-state index >= 15 is 0 Å². The van der Waals surface area contributed by atoms with Crippen LogP contribution in [0.5, 0.6) is 0 Å². The zero-order valence-electron chi connectivity index (χ0n) is 8.42. The Kier molecular flexibility index (Phi) is 2.83. The predicted molar refractivity (Wildman–Crippen MR) is 55.9 cm³/mol. The SMILES string of the molecule is C[C@H]1O[C@@H](/C=C/c2ccccc2)OC1=O. The fourth-order valence-electron chi connectivity index (χ4n) is 1.33. The summed E-state index contributed by atoms with van der Waals surface area (Å²) < 4.78 is 10.2. The molecule has 0 aromatic heterocycles. The van der Waals surface area contributed by atoms with Gasteiger partial charge in [-0.2, -0.15) is 0 Å². The molecule has 3 heteroatoms. The van der Waals surface area contributed by atoms with E-state index in [0.717, 1.165) is 5.56 Å². The third-order valence-corrected chi connectivity index (χ3v) is 2.15. The van der Waals surface area contributed by atoms with Crippen LogP contribution in [0.2, 0.25) is 0 Å². The number of carbonyl (C=O) groups is 1. The van der Waals surface area contributed by atoms with E-state index in [1.807, 2.05) is 36.4 Å². The Balaban J connectivity index is 1.99. The minimum Gasteiger partial charge on any atom is -0.430 e. The molecule has 0 bridgehead atoms. The van der Waals surface area contributed by atoms with E-state index in [9.17, 15) is 4.79 Å². The van der Waals surface area contributed by atoms with Crippen molar-refractivity contribution in [3.8, 4) is 0 Å². The van der Waals surface area contributed by atoms with Crippen molar-refractivity contribution in [1.29, 1.82) is 0 Å². The smallest absolute Gasteiger partial charge is 0.337 e. The highest BCUT2D eigenvalue weighted by Gasteiger charge is 2.29. The molecule has 1 fully saturated rings. The summed E-state index contributed by atoms with van der Waals surface area (Å²) in [7, 11) is 0. The standard InChI is InChI=1S/C12H12O3/c1-9-12(13)15-11(14-9)8-7-10-5-3-2-4-6-10/h2-9,11H,1H3/b8-7+/t9-,11-/m1/s1. The molecule has 2 rings (SSSR count). The van der Waals surface area contributed by atoms with Gasteiger partial charge in [-0.3, -0.25) is 0 Å². The number of benzene rings is 1. The molecule has 0 unspecified atom stereocenters. The number of cyclic esters (lactones) is 1. The zero-order chi connectivity index (χ0) is 10.7. The molecule has 0 radical (unpaired) electrons. The van der Waals surface area contributed by atoms with Crippen molar-refractivity contribution in [3.05, 3.63) is 42.0 Å². The quantitative estimate of drug-likeness (QED) is 0.691. The minimum absolute atomic E-state index is 0.308. The Morgan fingerprint density at radius 3 is 2.60 bits per heavy atom. The fraction of sp³-hybridized carbons (Fsp3) is 0.250. The molecule has 1 aromatic rings. The van der Waals surface area contributed by atoms with Crippen molar-refractivity contribution in [2.45, 2.75) is 19.3 Å². The predicted octanol–water partition coefficient (Wildman–Crippen LogP) is 1.99. The van der Waals surface area contributed by atoms with Crippen LogP contribution in [0.25, 0.3) is 6.08 Å². The largest absolute Gasteiger partial charge is 0.430 e. The van der Waals surface area contributed by atoms with E-state index in [-0.39, 0.29) is 5.97 Å². The van der Waals surface area contributed by atoms with Crippen LogP contribution < -0.4 is 0 Å². The third kappa shape index (κ3) is 2.44. The molecule has 15 heavy (non-hydrogen) atoms. The molecule has 3 nitrogen and oxygen atoms in total. The second kappa shape index (κ2) is 4.28. The fourth-order valence-corrected chi connectivity index (χ4v) is 1.33. The van der Waals surface area contributed by atoms with Crippen molar-refractivity contribution in [2.75, 3.05) is 0 Å². The molecule has 0 aliphatic carbocycles. The molecule has 0 amide bonds. The summed E-state index contributed by atoms with van der Waals surface area (Å²) in [6.07, 6.45) is 2.59. The molecule has 1 heterocycles. The van der Waals surface area contributed by atoms with Crippen molar-refractivity contribution < 1.29 is 14.3 Å². The number of hydrogen-bond donors (Lipinski definition) is 0. The highest BCUT2D eigenvalue weighted by Crippen LogP contribution is 2.14. The number of hydrogen-bond acceptors (Lipinski definition) is 3. The van der Waals surface area contributed by atoms with Gasteiger partial charge in [0, 0.05) is 0 Å². The lowest BCUT2D eigenvalue weighted by molar-refractivity contribution is -0.141. The van der Waals surface area contributed by atoms with E-state index < -0.39 is 12.4 Å². The van der Waals surface area contributed by atoms with Gasteiger partial charge in [0.15, 0.2) is 6.10 Å². The summed E-state index contributed by atoms with van der Waals surface area (Å²) in [5.74, 6) is -0.308. The van der Waals surface area contributed by atoms with Crippen LogP contribution in [0.1, 0.15) is 12.5 Å². The second-order valence-electron chi connectivity index (χ2n) is 3.35. The van der Waals surface area contributed by atoms with Gasteiger partial charge in [-0.1, -0.05) is 36.4 Å². The highest BCUT2D eigenvalue weighted by atomic mass is 16.7. The zero-order valence-corrected chi connectivity index (χ0v) is 8.42. The van der Waals surface area contributed by atoms with Crippen LogP contribution >= 0.6 is 0 Å². The van der Waals surface area contributed by atoms with Gasteiger partial charge in [-0.25, -0.2) is 4.79 Å². The van der Waals surface area contributed by atoms with Crippen LogP contribution in [0, 0.1) is 0 Å². The van der Waals surface area contributed by atoms with Crippen molar-refractivity contribution in [3.63, 3.8) is 0 Å². The maximum Gasteiger partial charge on any atom is 0.337 e. The summed E-state index contributed by atoms with van der Waals surface area (Å²) in [6, 6.07) is 9.78. The maximum atomic E-state index is 11.0. The van der Waals surface area contributed by atoms with E-state index in [1.54, 1.807) is 13.0 Å². The van der Waals surface area contributed by atoms with E-state index in [2.05, 4.69) is 0 Å². The van der Waals surface area contributed by atoms with Gasteiger partial charge in [0.1, 0.15) is 0 Å². The number of rotatable bonds is 2. The van der Waals surface area contributed by atoms with Crippen LogP contribution in [0.15, 0.2) is 36.4 Å². The summed E-state index contributed by atoms with van der Waals surface area (Å²) in [4.78, 5) is 11.0. The molecule has 2 atom stereocenters. The van der Waals surface area contributed by atoms with Gasteiger partial charge in [0.25, 0.3) is 0 Å². The summed E-state index contributed by atoms with van der Waals surface area (Å²) in [6.45, 7) is 1.68. The third-order valence-electron chi connectivity index (χ3n) is 2.15. The van der Waals surface area contributed by atoms with Gasteiger partial charge in [-0.15, -0.1) is 0 Å². The van der Waals surface area contributed by atoms with Crippen LogP contribution in [0.3, 0.4) is 0 Å². The Hall–Kier alpha value is -1.61. The first-order valence-electron chi connectivity index (χ1n) is 4.85. The molecule has 1 aliphatic heterocycles. The Morgan fingerprint density at radius 1 is 1.27 bits per heavy atom. The molecular formula is C12H12O3. The summed E-state index contributed by atoms with van der Waals surface area (Å²) >= 11 is 0. The minimum atomic E-state index is -0.548. The Morgan fingerprint density at radius 2 is 2.00 bits per heavy atom. The molecule has 1 saturated heterocycles. The second-order valence-corrected chi connectivity index (χ2v) is 3.35.